The van der Waals surface area contributed by atoms with Crippen LogP contribution in [0.4, 0.5) is 10.1 Å². The fourth-order valence-electron chi connectivity index (χ4n) is 3.52. The average Bonchev–Trinajstić information content (AvgIpc) is 3.19. The summed E-state index contributed by atoms with van der Waals surface area (Å²) < 4.78 is 25.5. The fraction of sp³-hybridized carbons (Fsp3) is 0.174. The molecule has 0 radical (unpaired) electrons. The van der Waals surface area contributed by atoms with Gasteiger partial charge < -0.3 is 9.47 Å². The molecule has 1 aliphatic rings. The molecule has 3 aromatic carbocycles. The summed E-state index contributed by atoms with van der Waals surface area (Å²) in [6, 6.07) is 19.6. The van der Waals surface area contributed by atoms with Crippen molar-refractivity contribution >= 4 is 23.0 Å². The van der Waals surface area contributed by atoms with Gasteiger partial charge >= 0.3 is 0 Å². The SMILES string of the molecule is COc1ccc([C@@H]2CC(c3ccc(Cl)cc3)=NN2c2ccccc2F)c(OC)c1. The Morgan fingerprint density at radius 3 is 2.45 bits per heavy atom. The molecular weight excluding hydrogens is 391 g/mol. The molecule has 1 aliphatic heterocycles. The minimum absolute atomic E-state index is 0.224. The quantitative estimate of drug-likeness (QED) is 0.529. The van der Waals surface area contributed by atoms with Crippen molar-refractivity contribution in [3.05, 3.63) is 88.7 Å². The van der Waals surface area contributed by atoms with Crippen LogP contribution < -0.4 is 14.5 Å². The van der Waals surface area contributed by atoms with Gasteiger partial charge in [-0.25, -0.2) is 4.39 Å². The third kappa shape index (κ3) is 3.78. The van der Waals surface area contributed by atoms with Crippen LogP contribution >= 0.6 is 11.6 Å². The lowest BCUT2D eigenvalue weighted by atomic mass is 9.97. The zero-order valence-corrected chi connectivity index (χ0v) is 16.9. The lowest BCUT2D eigenvalue weighted by Crippen LogP contribution is -2.20. The number of benzene rings is 3. The number of methoxy groups -OCH3 is 2. The maximum atomic E-state index is 14.6. The number of hydrogen-bond donors (Lipinski definition) is 0. The van der Waals surface area contributed by atoms with Gasteiger partial charge in [0.2, 0.25) is 0 Å². The molecule has 0 saturated heterocycles. The Morgan fingerprint density at radius 1 is 1.00 bits per heavy atom. The molecule has 29 heavy (non-hydrogen) atoms. The van der Waals surface area contributed by atoms with E-state index in [0.717, 1.165) is 16.8 Å². The Balaban J connectivity index is 1.80. The van der Waals surface area contributed by atoms with Gasteiger partial charge in [-0.15, -0.1) is 0 Å². The first-order valence-corrected chi connectivity index (χ1v) is 9.57. The average molecular weight is 411 g/mol. The van der Waals surface area contributed by atoms with Crippen molar-refractivity contribution in [2.45, 2.75) is 12.5 Å². The van der Waals surface area contributed by atoms with Gasteiger partial charge in [-0.3, -0.25) is 5.01 Å². The van der Waals surface area contributed by atoms with E-state index in [1.807, 2.05) is 42.5 Å². The van der Waals surface area contributed by atoms with Crippen molar-refractivity contribution in [2.24, 2.45) is 5.10 Å². The molecule has 148 valence electrons. The number of hydrazone groups is 1. The first-order valence-electron chi connectivity index (χ1n) is 9.20. The van der Waals surface area contributed by atoms with Gasteiger partial charge in [0.1, 0.15) is 17.3 Å². The highest BCUT2D eigenvalue weighted by Gasteiger charge is 2.33. The molecule has 0 amide bonds. The molecule has 0 unspecified atom stereocenters. The van der Waals surface area contributed by atoms with Gasteiger partial charge in [0.05, 0.1) is 31.7 Å². The van der Waals surface area contributed by atoms with Crippen molar-refractivity contribution in [3.63, 3.8) is 0 Å². The van der Waals surface area contributed by atoms with Crippen LogP contribution in [0.1, 0.15) is 23.6 Å². The molecule has 0 fully saturated rings. The second-order valence-corrected chi connectivity index (χ2v) is 7.11. The van der Waals surface area contributed by atoms with Crippen LogP contribution in [-0.4, -0.2) is 19.9 Å². The van der Waals surface area contributed by atoms with E-state index in [1.165, 1.54) is 6.07 Å². The van der Waals surface area contributed by atoms with Crippen LogP contribution in [0, 0.1) is 5.82 Å². The summed E-state index contributed by atoms with van der Waals surface area (Å²) >= 11 is 6.03. The molecule has 4 rings (SSSR count). The van der Waals surface area contributed by atoms with E-state index in [0.29, 0.717) is 28.6 Å². The van der Waals surface area contributed by atoms with E-state index in [9.17, 15) is 4.39 Å². The number of halogens is 2. The topological polar surface area (TPSA) is 34.1 Å². The Hall–Kier alpha value is -3.05. The Labute approximate surface area is 174 Å². The molecule has 1 atom stereocenters. The number of nitrogens with zero attached hydrogens (tertiary/aromatic N) is 2. The molecule has 1 heterocycles. The van der Waals surface area contributed by atoms with E-state index in [2.05, 4.69) is 0 Å². The van der Waals surface area contributed by atoms with Crippen molar-refractivity contribution in [1.29, 1.82) is 0 Å². The fourth-order valence-corrected chi connectivity index (χ4v) is 3.65. The van der Waals surface area contributed by atoms with Crippen LogP contribution in [0.2, 0.25) is 5.02 Å². The predicted molar refractivity (Wildman–Crippen MR) is 114 cm³/mol. The summed E-state index contributed by atoms with van der Waals surface area (Å²) in [7, 11) is 3.22. The number of anilines is 1. The lowest BCUT2D eigenvalue weighted by Gasteiger charge is -2.25. The van der Waals surface area contributed by atoms with Gasteiger partial charge in [-0.2, -0.15) is 5.10 Å². The van der Waals surface area contributed by atoms with Crippen molar-refractivity contribution in [3.8, 4) is 11.5 Å². The highest BCUT2D eigenvalue weighted by atomic mass is 35.5. The first kappa shape index (κ1) is 19.3. The minimum Gasteiger partial charge on any atom is -0.497 e. The number of ether oxygens (including phenoxy) is 2. The molecule has 3 aromatic rings. The second kappa shape index (κ2) is 8.13. The molecule has 0 N–H and O–H groups in total. The number of para-hydroxylation sites is 1. The molecule has 0 aromatic heterocycles. The van der Waals surface area contributed by atoms with Crippen LogP contribution in [0.25, 0.3) is 0 Å². The van der Waals surface area contributed by atoms with E-state index in [4.69, 9.17) is 26.2 Å². The molecule has 0 spiro atoms. The van der Waals surface area contributed by atoms with Gasteiger partial charge in [-0.05, 0) is 42.0 Å². The maximum Gasteiger partial charge on any atom is 0.148 e. The van der Waals surface area contributed by atoms with Crippen molar-refractivity contribution < 1.29 is 13.9 Å². The van der Waals surface area contributed by atoms with Gasteiger partial charge in [0.15, 0.2) is 0 Å². The molecule has 6 heteroatoms. The molecular formula is C23H20ClFN2O2. The summed E-state index contributed by atoms with van der Waals surface area (Å²) in [6.45, 7) is 0. The van der Waals surface area contributed by atoms with E-state index < -0.39 is 0 Å². The zero-order valence-electron chi connectivity index (χ0n) is 16.1. The second-order valence-electron chi connectivity index (χ2n) is 6.68. The lowest BCUT2D eigenvalue weighted by molar-refractivity contribution is 0.388. The zero-order chi connectivity index (χ0) is 20.4. The van der Waals surface area contributed by atoms with Crippen molar-refractivity contribution in [1.82, 2.24) is 0 Å². The van der Waals surface area contributed by atoms with E-state index in [1.54, 1.807) is 37.4 Å². The summed E-state index contributed by atoms with van der Waals surface area (Å²) in [6.07, 6.45) is 0.596. The van der Waals surface area contributed by atoms with E-state index >= 15 is 0 Å². The number of hydrogen-bond acceptors (Lipinski definition) is 4. The monoisotopic (exact) mass is 410 g/mol. The molecule has 0 saturated carbocycles. The van der Waals surface area contributed by atoms with E-state index in [-0.39, 0.29) is 11.9 Å². The largest absolute Gasteiger partial charge is 0.497 e. The van der Waals surface area contributed by atoms with Crippen molar-refractivity contribution in [2.75, 3.05) is 19.2 Å². The highest BCUT2D eigenvalue weighted by Crippen LogP contribution is 2.42. The third-order valence-corrected chi connectivity index (χ3v) is 5.24. The van der Waals surface area contributed by atoms with Crippen LogP contribution in [0.5, 0.6) is 11.5 Å². The molecule has 0 aliphatic carbocycles. The highest BCUT2D eigenvalue weighted by molar-refractivity contribution is 6.30. The summed E-state index contributed by atoms with van der Waals surface area (Å²) in [4.78, 5) is 0. The summed E-state index contributed by atoms with van der Waals surface area (Å²) in [5.41, 5.74) is 3.13. The van der Waals surface area contributed by atoms with Gasteiger partial charge in [0.25, 0.3) is 0 Å². The minimum atomic E-state index is -0.328. The van der Waals surface area contributed by atoms with Gasteiger partial charge in [0, 0.05) is 23.1 Å². The normalized spacial score (nSPS) is 15.9. The van der Waals surface area contributed by atoms with Crippen LogP contribution in [-0.2, 0) is 0 Å². The van der Waals surface area contributed by atoms with Gasteiger partial charge in [-0.1, -0.05) is 35.9 Å². The van der Waals surface area contributed by atoms with Crippen LogP contribution in [0.15, 0.2) is 71.8 Å². The summed E-state index contributed by atoms with van der Waals surface area (Å²) in [5, 5.41) is 7.16. The summed E-state index contributed by atoms with van der Waals surface area (Å²) in [5.74, 6) is 1.04. The Kier molecular flexibility index (Phi) is 5.41. The predicted octanol–water partition coefficient (Wildman–Crippen LogP) is 5.85. The Morgan fingerprint density at radius 2 is 1.76 bits per heavy atom. The standard InChI is InChI=1S/C23H20ClFN2O2/c1-28-17-11-12-18(23(13-17)29-2)22-14-20(15-7-9-16(24)10-8-15)26-27(22)21-6-4-3-5-19(21)25/h3-13,22H,14H2,1-2H3/t22-/m0/s1. The van der Waals surface area contributed by atoms with Crippen LogP contribution in [0.3, 0.4) is 0 Å². The first-order chi connectivity index (χ1) is 14.1. The maximum absolute atomic E-state index is 14.6. The smallest absolute Gasteiger partial charge is 0.148 e. The third-order valence-electron chi connectivity index (χ3n) is 4.99. The Bertz CT molecular complexity index is 1050. The number of rotatable bonds is 5. The molecule has 4 nitrogen and oxygen atoms in total. The molecule has 0 bridgehead atoms.